The third-order valence-electron chi connectivity index (χ3n) is 3.34. The fraction of sp³-hybridized carbons (Fsp3) is 0.357. The summed E-state index contributed by atoms with van der Waals surface area (Å²) < 4.78 is 0. The van der Waals surface area contributed by atoms with Crippen molar-refractivity contribution in [1.29, 1.82) is 0 Å². The van der Waals surface area contributed by atoms with Crippen LogP contribution < -0.4 is 5.48 Å². The standard InChI is InChI=1S/C14H16N4O3/c1-8-5-16-14(18-21-7-9-2-3-9)17-12(8)10-4-11(13(19)20)15-6-10/h4-6,9,15H,2-3,7H2,1H3,(H,19,20)(H,16,17,18). The highest BCUT2D eigenvalue weighted by molar-refractivity contribution is 5.87. The molecule has 0 unspecified atom stereocenters. The molecular weight excluding hydrogens is 272 g/mol. The van der Waals surface area contributed by atoms with E-state index in [1.807, 2.05) is 6.92 Å². The van der Waals surface area contributed by atoms with Crippen LogP contribution in [0.3, 0.4) is 0 Å². The number of nitrogens with zero attached hydrogens (tertiary/aromatic N) is 2. The first kappa shape index (κ1) is 13.6. The molecule has 0 aliphatic heterocycles. The zero-order chi connectivity index (χ0) is 14.8. The highest BCUT2D eigenvalue weighted by Crippen LogP contribution is 2.29. The zero-order valence-corrected chi connectivity index (χ0v) is 11.6. The lowest BCUT2D eigenvalue weighted by Gasteiger charge is -2.07. The Kier molecular flexibility index (Phi) is 3.57. The number of aromatic nitrogens is 3. The largest absolute Gasteiger partial charge is 0.477 e. The van der Waals surface area contributed by atoms with Crippen LogP contribution in [0.25, 0.3) is 11.3 Å². The van der Waals surface area contributed by atoms with Gasteiger partial charge in [-0.25, -0.2) is 20.2 Å². The van der Waals surface area contributed by atoms with E-state index in [9.17, 15) is 4.79 Å². The predicted molar refractivity (Wildman–Crippen MR) is 75.8 cm³/mol. The lowest BCUT2D eigenvalue weighted by Crippen LogP contribution is -2.08. The fourth-order valence-corrected chi connectivity index (χ4v) is 1.95. The van der Waals surface area contributed by atoms with Crippen molar-refractivity contribution in [1.82, 2.24) is 15.0 Å². The van der Waals surface area contributed by atoms with Crippen LogP contribution in [0.4, 0.5) is 5.95 Å². The van der Waals surface area contributed by atoms with Crippen molar-refractivity contribution in [2.24, 2.45) is 5.92 Å². The third-order valence-corrected chi connectivity index (χ3v) is 3.34. The number of hydrogen-bond acceptors (Lipinski definition) is 5. The molecule has 1 fully saturated rings. The molecular formula is C14H16N4O3. The first-order valence-electron chi connectivity index (χ1n) is 6.77. The van der Waals surface area contributed by atoms with Gasteiger partial charge in [-0.05, 0) is 37.3 Å². The highest BCUT2D eigenvalue weighted by atomic mass is 16.6. The van der Waals surface area contributed by atoms with E-state index in [0.717, 1.165) is 5.56 Å². The quantitative estimate of drug-likeness (QED) is 0.705. The van der Waals surface area contributed by atoms with Crippen LogP contribution in [0.2, 0.25) is 0 Å². The summed E-state index contributed by atoms with van der Waals surface area (Å²) in [5.41, 5.74) is 5.10. The van der Waals surface area contributed by atoms with Crippen LogP contribution in [0.1, 0.15) is 28.9 Å². The molecule has 21 heavy (non-hydrogen) atoms. The highest BCUT2D eigenvalue weighted by Gasteiger charge is 2.21. The van der Waals surface area contributed by atoms with Crippen LogP contribution in [0.15, 0.2) is 18.5 Å². The summed E-state index contributed by atoms with van der Waals surface area (Å²) >= 11 is 0. The van der Waals surface area contributed by atoms with E-state index in [1.165, 1.54) is 12.8 Å². The molecule has 2 heterocycles. The van der Waals surface area contributed by atoms with Gasteiger partial charge < -0.3 is 10.1 Å². The molecule has 0 spiro atoms. The zero-order valence-electron chi connectivity index (χ0n) is 11.6. The minimum absolute atomic E-state index is 0.127. The van der Waals surface area contributed by atoms with E-state index in [1.54, 1.807) is 18.5 Å². The lowest BCUT2D eigenvalue weighted by molar-refractivity contribution is 0.0691. The Labute approximate surface area is 121 Å². The van der Waals surface area contributed by atoms with Gasteiger partial charge in [0.1, 0.15) is 5.69 Å². The van der Waals surface area contributed by atoms with Gasteiger partial charge in [0.05, 0.1) is 12.3 Å². The second-order valence-electron chi connectivity index (χ2n) is 5.19. The number of hydrogen-bond donors (Lipinski definition) is 3. The summed E-state index contributed by atoms with van der Waals surface area (Å²) in [6.07, 6.45) is 5.72. The topological polar surface area (TPSA) is 100 Å². The van der Waals surface area contributed by atoms with Gasteiger partial charge in [0.25, 0.3) is 0 Å². The molecule has 7 nitrogen and oxygen atoms in total. The number of aromatic carboxylic acids is 1. The average molecular weight is 288 g/mol. The Morgan fingerprint density at radius 3 is 3.05 bits per heavy atom. The number of nitrogens with one attached hydrogen (secondary N) is 2. The number of carbonyl (C=O) groups is 1. The van der Waals surface area contributed by atoms with Crippen LogP contribution >= 0.6 is 0 Å². The number of rotatable bonds is 6. The van der Waals surface area contributed by atoms with Gasteiger partial charge in [0.2, 0.25) is 5.95 Å². The normalized spacial score (nSPS) is 14.1. The van der Waals surface area contributed by atoms with Crippen molar-refractivity contribution in [2.75, 3.05) is 12.1 Å². The SMILES string of the molecule is Cc1cnc(NOCC2CC2)nc1-c1c[nH]c(C(=O)O)c1. The van der Waals surface area contributed by atoms with Gasteiger partial charge in [0.15, 0.2) is 0 Å². The number of anilines is 1. The molecule has 7 heteroatoms. The maximum absolute atomic E-state index is 10.9. The minimum atomic E-state index is -1.00. The molecule has 0 aromatic carbocycles. The summed E-state index contributed by atoms with van der Waals surface area (Å²) in [4.78, 5) is 27.5. The van der Waals surface area contributed by atoms with Gasteiger partial charge in [-0.2, -0.15) is 0 Å². The van der Waals surface area contributed by atoms with E-state index in [-0.39, 0.29) is 5.69 Å². The molecule has 0 atom stereocenters. The lowest BCUT2D eigenvalue weighted by atomic mass is 10.1. The van der Waals surface area contributed by atoms with Crippen molar-refractivity contribution in [2.45, 2.75) is 19.8 Å². The predicted octanol–water partition coefficient (Wildman–Crippen LogP) is 2.23. The van der Waals surface area contributed by atoms with Crippen molar-refractivity contribution >= 4 is 11.9 Å². The average Bonchev–Trinajstić information content (AvgIpc) is 3.14. The molecule has 1 aliphatic carbocycles. The van der Waals surface area contributed by atoms with Gasteiger partial charge in [-0.15, -0.1) is 0 Å². The molecule has 2 aromatic heterocycles. The summed E-state index contributed by atoms with van der Waals surface area (Å²) in [5, 5.41) is 8.95. The van der Waals surface area contributed by atoms with Crippen LogP contribution in [-0.4, -0.2) is 32.6 Å². The smallest absolute Gasteiger partial charge is 0.352 e. The van der Waals surface area contributed by atoms with E-state index in [0.29, 0.717) is 29.7 Å². The number of H-pyrrole nitrogens is 1. The van der Waals surface area contributed by atoms with E-state index in [2.05, 4.69) is 20.4 Å². The second-order valence-corrected chi connectivity index (χ2v) is 5.19. The molecule has 110 valence electrons. The van der Waals surface area contributed by atoms with Crippen molar-refractivity contribution in [3.63, 3.8) is 0 Å². The number of carboxylic acid groups (broad SMARTS) is 1. The molecule has 3 rings (SSSR count). The Balaban J connectivity index is 1.77. The molecule has 0 radical (unpaired) electrons. The fourth-order valence-electron chi connectivity index (χ4n) is 1.95. The Morgan fingerprint density at radius 2 is 2.38 bits per heavy atom. The summed E-state index contributed by atoms with van der Waals surface area (Å²) in [6.45, 7) is 2.53. The summed E-state index contributed by atoms with van der Waals surface area (Å²) in [5.74, 6) is 0.0126. The second kappa shape index (κ2) is 5.53. The molecule has 0 bridgehead atoms. The van der Waals surface area contributed by atoms with Gasteiger partial charge in [0, 0.05) is 18.0 Å². The maximum atomic E-state index is 10.9. The molecule has 0 amide bonds. The monoisotopic (exact) mass is 288 g/mol. The summed E-state index contributed by atoms with van der Waals surface area (Å²) in [7, 11) is 0. The molecule has 3 N–H and O–H groups in total. The molecule has 0 saturated heterocycles. The van der Waals surface area contributed by atoms with Crippen molar-refractivity contribution < 1.29 is 14.7 Å². The first-order chi connectivity index (χ1) is 10.1. The third kappa shape index (κ3) is 3.19. The van der Waals surface area contributed by atoms with E-state index >= 15 is 0 Å². The first-order valence-corrected chi connectivity index (χ1v) is 6.77. The Morgan fingerprint density at radius 1 is 1.57 bits per heavy atom. The number of carboxylic acids is 1. The van der Waals surface area contributed by atoms with Gasteiger partial charge >= 0.3 is 5.97 Å². The van der Waals surface area contributed by atoms with Crippen LogP contribution in [0, 0.1) is 12.8 Å². The van der Waals surface area contributed by atoms with Gasteiger partial charge in [-0.1, -0.05) is 0 Å². The minimum Gasteiger partial charge on any atom is -0.477 e. The maximum Gasteiger partial charge on any atom is 0.352 e. The molecule has 1 aliphatic rings. The number of aromatic amines is 1. The Hall–Kier alpha value is -2.41. The molecule has 2 aromatic rings. The van der Waals surface area contributed by atoms with Crippen LogP contribution in [-0.2, 0) is 4.84 Å². The summed E-state index contributed by atoms with van der Waals surface area (Å²) in [6, 6.07) is 1.55. The number of aryl methyl sites for hydroxylation is 1. The van der Waals surface area contributed by atoms with Gasteiger partial charge in [-0.3, -0.25) is 4.84 Å². The Bertz CT molecular complexity index is 664. The van der Waals surface area contributed by atoms with Crippen LogP contribution in [0.5, 0.6) is 0 Å². The van der Waals surface area contributed by atoms with E-state index in [4.69, 9.17) is 9.94 Å². The van der Waals surface area contributed by atoms with Crippen molar-refractivity contribution in [3.8, 4) is 11.3 Å². The van der Waals surface area contributed by atoms with E-state index < -0.39 is 5.97 Å². The van der Waals surface area contributed by atoms with Crippen molar-refractivity contribution in [3.05, 3.63) is 29.7 Å². The molecule has 1 saturated carbocycles.